The largest absolute Gasteiger partial charge is 0.0714 e. The van der Waals surface area contributed by atoms with E-state index in [1.54, 1.807) is 0 Å². The van der Waals surface area contributed by atoms with E-state index in [2.05, 4.69) is 234 Å². The molecule has 0 heterocycles. The number of aryl methyl sites for hydroxylation is 4. The van der Waals surface area contributed by atoms with Crippen molar-refractivity contribution in [3.63, 3.8) is 0 Å². The zero-order valence-corrected chi connectivity index (χ0v) is 34.1. The summed E-state index contributed by atoms with van der Waals surface area (Å²) in [5.41, 5.74) is 24.7. The Kier molecular flexibility index (Phi) is 9.07. The Hall–Kier alpha value is -7.02. The van der Waals surface area contributed by atoms with Gasteiger partial charge in [-0.2, -0.15) is 0 Å². The fraction of sp³-hybridized carbons (Fsp3) is 0.0847. The van der Waals surface area contributed by atoms with E-state index in [4.69, 9.17) is 0 Å². The summed E-state index contributed by atoms with van der Waals surface area (Å²) >= 11 is 0. The molecule has 0 saturated heterocycles. The molecule has 0 N–H and O–H groups in total. The van der Waals surface area contributed by atoms with Crippen molar-refractivity contribution < 1.29 is 0 Å². The fourth-order valence-electron chi connectivity index (χ4n) is 9.98. The van der Waals surface area contributed by atoms with Gasteiger partial charge >= 0.3 is 0 Å². The van der Waals surface area contributed by atoms with Crippen LogP contribution in [-0.2, 0) is 5.41 Å². The minimum Gasteiger partial charge on any atom is -0.0622 e. The van der Waals surface area contributed by atoms with E-state index in [9.17, 15) is 0 Å². The summed E-state index contributed by atoms with van der Waals surface area (Å²) in [6.45, 7) is 8.97. The van der Waals surface area contributed by atoms with E-state index in [1.165, 1.54) is 111 Å². The van der Waals surface area contributed by atoms with E-state index < -0.39 is 5.41 Å². The Morgan fingerprint density at radius 2 is 0.712 bits per heavy atom. The molecule has 0 heteroatoms. The van der Waals surface area contributed by atoms with Crippen LogP contribution in [-0.4, -0.2) is 0 Å². The summed E-state index contributed by atoms with van der Waals surface area (Å²) in [6, 6.07) is 76.9. The van der Waals surface area contributed by atoms with Crippen LogP contribution in [0, 0.1) is 27.7 Å². The maximum absolute atomic E-state index is 2.46. The molecule has 59 heavy (non-hydrogen) atoms. The first kappa shape index (κ1) is 36.3. The average molecular weight is 755 g/mol. The smallest absolute Gasteiger partial charge is 0.0622 e. The molecule has 0 radical (unpaired) electrons. The van der Waals surface area contributed by atoms with Gasteiger partial charge in [-0.05, 0) is 152 Å². The van der Waals surface area contributed by atoms with Crippen molar-refractivity contribution >= 4 is 0 Å². The highest BCUT2D eigenvalue weighted by atomic mass is 14.5. The molecule has 0 nitrogen and oxygen atoms in total. The zero-order chi connectivity index (χ0) is 40.1. The summed E-state index contributed by atoms with van der Waals surface area (Å²) in [6.07, 6.45) is 0. The summed E-state index contributed by atoms with van der Waals surface area (Å²) in [5, 5.41) is 0. The number of fused-ring (bicyclic) bond motifs is 3. The predicted octanol–water partition coefficient (Wildman–Crippen LogP) is 15.6. The van der Waals surface area contributed by atoms with Crippen LogP contribution in [0.25, 0.3) is 66.8 Å². The third-order valence-electron chi connectivity index (χ3n) is 12.5. The molecule has 0 unspecified atom stereocenters. The lowest BCUT2D eigenvalue weighted by Crippen LogP contribution is -2.28. The van der Waals surface area contributed by atoms with Crippen molar-refractivity contribution in [2.24, 2.45) is 0 Å². The standard InChI is InChI=1S/C59H46/c1-39-30-31-55-54(34-39)58-53(57-41(3)32-40(2)33-42(57)4)28-15-29-56(58)59(55,51-26-13-24-49(37-51)47-22-11-20-45(35-47)43-16-7-5-8-17-43)52-27-14-25-50(38-52)48-23-12-21-46(36-48)44-18-9-6-10-19-44/h5-38H,1-4H3. The molecule has 1 aliphatic rings. The molecule has 0 atom stereocenters. The number of hydrogen-bond acceptors (Lipinski definition) is 0. The van der Waals surface area contributed by atoms with Gasteiger partial charge in [-0.1, -0.05) is 193 Å². The van der Waals surface area contributed by atoms with Gasteiger partial charge in [-0.15, -0.1) is 0 Å². The van der Waals surface area contributed by atoms with Gasteiger partial charge in [0.2, 0.25) is 0 Å². The van der Waals surface area contributed by atoms with Crippen LogP contribution in [0.5, 0.6) is 0 Å². The molecule has 1 aliphatic carbocycles. The van der Waals surface area contributed by atoms with Gasteiger partial charge < -0.3 is 0 Å². The number of benzene rings is 9. The van der Waals surface area contributed by atoms with Crippen LogP contribution in [0.4, 0.5) is 0 Å². The molecular formula is C59H46. The van der Waals surface area contributed by atoms with Crippen molar-refractivity contribution in [3.05, 3.63) is 251 Å². The van der Waals surface area contributed by atoms with Gasteiger partial charge in [0, 0.05) is 0 Å². The maximum Gasteiger partial charge on any atom is 0.0714 e. The fourth-order valence-corrected chi connectivity index (χ4v) is 9.98. The normalized spacial score (nSPS) is 12.5. The second-order valence-electron chi connectivity index (χ2n) is 16.4. The molecule has 0 spiro atoms. The molecule has 282 valence electrons. The van der Waals surface area contributed by atoms with E-state index >= 15 is 0 Å². The molecular weight excluding hydrogens is 709 g/mol. The summed E-state index contributed by atoms with van der Waals surface area (Å²) in [5.74, 6) is 0. The molecule has 0 aliphatic heterocycles. The van der Waals surface area contributed by atoms with Crippen molar-refractivity contribution in [2.75, 3.05) is 0 Å². The molecule has 0 amide bonds. The Labute approximate surface area is 349 Å². The van der Waals surface area contributed by atoms with Crippen LogP contribution in [0.15, 0.2) is 206 Å². The van der Waals surface area contributed by atoms with Crippen molar-refractivity contribution in [1.29, 1.82) is 0 Å². The minimum atomic E-state index is -0.596. The average Bonchev–Trinajstić information content (AvgIpc) is 3.57. The Balaban J connectivity index is 1.25. The second kappa shape index (κ2) is 14.7. The molecule has 9 aromatic carbocycles. The Morgan fingerprint density at radius 1 is 0.271 bits per heavy atom. The molecule has 0 aromatic heterocycles. The van der Waals surface area contributed by atoms with E-state index in [1.807, 2.05) is 0 Å². The lowest BCUT2D eigenvalue weighted by molar-refractivity contribution is 0.769. The van der Waals surface area contributed by atoms with Gasteiger partial charge in [-0.3, -0.25) is 0 Å². The third-order valence-corrected chi connectivity index (χ3v) is 12.5. The van der Waals surface area contributed by atoms with Crippen molar-refractivity contribution in [3.8, 4) is 66.8 Å². The van der Waals surface area contributed by atoms with Crippen LogP contribution >= 0.6 is 0 Å². The summed E-state index contributed by atoms with van der Waals surface area (Å²) in [7, 11) is 0. The van der Waals surface area contributed by atoms with E-state index in [0.29, 0.717) is 0 Å². The van der Waals surface area contributed by atoms with E-state index in [-0.39, 0.29) is 0 Å². The van der Waals surface area contributed by atoms with Crippen molar-refractivity contribution in [1.82, 2.24) is 0 Å². The predicted molar refractivity (Wildman–Crippen MR) is 250 cm³/mol. The monoisotopic (exact) mass is 754 g/mol. The number of rotatable bonds is 7. The van der Waals surface area contributed by atoms with Gasteiger partial charge in [0.15, 0.2) is 0 Å². The van der Waals surface area contributed by atoms with E-state index in [0.717, 1.165) is 0 Å². The maximum atomic E-state index is 2.46. The molecule has 10 rings (SSSR count). The summed E-state index contributed by atoms with van der Waals surface area (Å²) < 4.78 is 0. The highest BCUT2D eigenvalue weighted by Gasteiger charge is 2.47. The van der Waals surface area contributed by atoms with Gasteiger partial charge in [0.25, 0.3) is 0 Å². The lowest BCUT2D eigenvalue weighted by atomic mass is 9.66. The molecule has 9 aromatic rings. The third kappa shape index (κ3) is 6.24. The SMILES string of the molecule is Cc1cc(C)c(-c2cccc3c2-c2cc(C)ccc2C3(c2cccc(-c3cccc(-c4ccccc4)c3)c2)c2cccc(-c3cccc(-c4ccccc4)c3)c2)c(C)c1. The van der Waals surface area contributed by atoms with Gasteiger partial charge in [0.1, 0.15) is 0 Å². The Morgan fingerprint density at radius 3 is 1.24 bits per heavy atom. The minimum absolute atomic E-state index is 0.596. The zero-order valence-electron chi connectivity index (χ0n) is 34.1. The first-order valence-electron chi connectivity index (χ1n) is 20.7. The van der Waals surface area contributed by atoms with Crippen LogP contribution < -0.4 is 0 Å². The summed E-state index contributed by atoms with van der Waals surface area (Å²) in [4.78, 5) is 0. The molecule has 0 fully saturated rings. The highest BCUT2D eigenvalue weighted by Crippen LogP contribution is 2.59. The highest BCUT2D eigenvalue weighted by molar-refractivity contribution is 5.97. The van der Waals surface area contributed by atoms with Crippen LogP contribution in [0.2, 0.25) is 0 Å². The topological polar surface area (TPSA) is 0 Å². The van der Waals surface area contributed by atoms with Crippen LogP contribution in [0.3, 0.4) is 0 Å². The molecule has 0 bridgehead atoms. The molecule has 0 saturated carbocycles. The Bertz CT molecular complexity index is 2870. The van der Waals surface area contributed by atoms with Gasteiger partial charge in [-0.25, -0.2) is 0 Å². The second-order valence-corrected chi connectivity index (χ2v) is 16.4. The van der Waals surface area contributed by atoms with Crippen molar-refractivity contribution in [2.45, 2.75) is 33.1 Å². The quantitative estimate of drug-likeness (QED) is 0.152. The lowest BCUT2D eigenvalue weighted by Gasteiger charge is -2.35. The number of hydrogen-bond donors (Lipinski definition) is 0. The first-order valence-corrected chi connectivity index (χ1v) is 20.7. The first-order chi connectivity index (χ1) is 28.9. The van der Waals surface area contributed by atoms with Crippen LogP contribution in [0.1, 0.15) is 44.5 Å². The van der Waals surface area contributed by atoms with Gasteiger partial charge in [0.05, 0.1) is 5.41 Å².